The summed E-state index contributed by atoms with van der Waals surface area (Å²) >= 11 is 0. The molecule has 28 heavy (non-hydrogen) atoms. The molecule has 1 aromatic carbocycles. The van der Waals surface area contributed by atoms with Crippen LogP contribution in [0.15, 0.2) is 30.3 Å². The van der Waals surface area contributed by atoms with Crippen LogP contribution >= 0.6 is 0 Å². The van der Waals surface area contributed by atoms with Gasteiger partial charge in [-0.3, -0.25) is 14.4 Å². The number of nitrogens with one attached hydrogen (secondary N) is 1. The first-order valence-electron chi connectivity index (χ1n) is 10.2. The van der Waals surface area contributed by atoms with Gasteiger partial charge in [0, 0.05) is 24.8 Å². The van der Waals surface area contributed by atoms with Crippen LogP contribution in [0.4, 0.5) is 0 Å². The van der Waals surface area contributed by atoms with E-state index in [4.69, 9.17) is 4.74 Å². The molecule has 0 heterocycles. The van der Waals surface area contributed by atoms with Crippen LogP contribution < -0.4 is 5.32 Å². The number of carbonyl (C=O) groups is 3. The Kier molecular flexibility index (Phi) is 7.78. The number of methoxy groups -OCH3 is 1. The van der Waals surface area contributed by atoms with Crippen molar-refractivity contribution in [3.8, 4) is 0 Å². The molecule has 1 fully saturated rings. The van der Waals surface area contributed by atoms with Gasteiger partial charge in [-0.25, -0.2) is 0 Å². The van der Waals surface area contributed by atoms with Crippen LogP contribution in [0.5, 0.6) is 0 Å². The minimum atomic E-state index is -0.545. The lowest BCUT2D eigenvalue weighted by atomic mass is 9.75. The van der Waals surface area contributed by atoms with Crippen molar-refractivity contribution in [3.63, 3.8) is 0 Å². The van der Waals surface area contributed by atoms with Crippen LogP contribution in [0, 0.1) is 35.5 Å². The highest BCUT2D eigenvalue weighted by molar-refractivity contribution is 5.90. The number of amides is 1. The third kappa shape index (κ3) is 5.21. The summed E-state index contributed by atoms with van der Waals surface area (Å²) in [5.74, 6) is -1.60. The number of hydrogen-bond donors (Lipinski definition) is 1. The highest BCUT2D eigenvalue weighted by Gasteiger charge is 2.53. The molecule has 1 amide bonds. The fourth-order valence-electron chi connectivity index (χ4n) is 4.54. The van der Waals surface area contributed by atoms with Crippen molar-refractivity contribution in [2.75, 3.05) is 7.11 Å². The topological polar surface area (TPSA) is 72.5 Å². The molecule has 4 atom stereocenters. The molecule has 0 unspecified atom stereocenters. The van der Waals surface area contributed by atoms with Crippen LogP contribution in [0.2, 0.25) is 0 Å². The molecular formula is C23H33NO4. The fraction of sp³-hybridized carbons (Fsp3) is 0.609. The van der Waals surface area contributed by atoms with E-state index >= 15 is 0 Å². The number of esters is 1. The fourth-order valence-corrected chi connectivity index (χ4v) is 4.54. The summed E-state index contributed by atoms with van der Waals surface area (Å²) in [5.41, 5.74) is 1.02. The zero-order valence-corrected chi connectivity index (χ0v) is 17.6. The van der Waals surface area contributed by atoms with Gasteiger partial charge in [-0.1, -0.05) is 58.0 Å². The molecular weight excluding hydrogens is 354 g/mol. The molecule has 1 aliphatic carbocycles. The van der Waals surface area contributed by atoms with Crippen molar-refractivity contribution >= 4 is 17.7 Å². The minimum absolute atomic E-state index is 0.0717. The Balaban J connectivity index is 2.23. The molecule has 2 rings (SSSR count). The molecule has 5 nitrogen and oxygen atoms in total. The van der Waals surface area contributed by atoms with Crippen molar-refractivity contribution in [2.45, 2.75) is 47.1 Å². The molecule has 0 aromatic heterocycles. The van der Waals surface area contributed by atoms with Gasteiger partial charge >= 0.3 is 5.97 Å². The lowest BCUT2D eigenvalue weighted by molar-refractivity contribution is -0.149. The number of benzene rings is 1. The molecule has 1 aliphatic rings. The largest absolute Gasteiger partial charge is 0.469 e. The van der Waals surface area contributed by atoms with Crippen LogP contribution in [-0.2, 0) is 25.7 Å². The van der Waals surface area contributed by atoms with E-state index in [-0.39, 0.29) is 41.3 Å². The number of ketones is 1. The number of carbonyl (C=O) groups excluding carboxylic acids is 3. The van der Waals surface area contributed by atoms with Crippen molar-refractivity contribution < 1.29 is 19.1 Å². The first kappa shape index (κ1) is 22.1. The molecule has 1 aromatic rings. The van der Waals surface area contributed by atoms with Crippen molar-refractivity contribution in [1.29, 1.82) is 0 Å². The predicted octanol–water partition coefficient (Wildman–Crippen LogP) is 3.62. The van der Waals surface area contributed by atoms with Crippen LogP contribution in [0.3, 0.4) is 0 Å². The van der Waals surface area contributed by atoms with E-state index in [2.05, 4.69) is 5.32 Å². The van der Waals surface area contributed by atoms with Crippen LogP contribution in [0.1, 0.15) is 46.1 Å². The molecule has 0 saturated heterocycles. The van der Waals surface area contributed by atoms with Crippen molar-refractivity contribution in [2.24, 2.45) is 35.5 Å². The Bertz CT molecular complexity index is 683. The second-order valence-electron chi connectivity index (χ2n) is 8.59. The maximum absolute atomic E-state index is 13.0. The quantitative estimate of drug-likeness (QED) is 0.692. The number of ether oxygens (including phenoxy) is 1. The third-order valence-corrected chi connectivity index (χ3v) is 5.72. The van der Waals surface area contributed by atoms with Gasteiger partial charge in [-0.15, -0.1) is 0 Å². The predicted molar refractivity (Wildman–Crippen MR) is 108 cm³/mol. The van der Waals surface area contributed by atoms with E-state index in [1.54, 1.807) is 0 Å². The van der Waals surface area contributed by atoms with E-state index in [1.807, 2.05) is 58.0 Å². The lowest BCUT2D eigenvalue weighted by Gasteiger charge is -2.28. The number of hydrogen-bond acceptors (Lipinski definition) is 4. The second-order valence-corrected chi connectivity index (χ2v) is 8.59. The molecule has 0 spiro atoms. The third-order valence-electron chi connectivity index (χ3n) is 5.72. The Morgan fingerprint density at radius 1 is 1.07 bits per heavy atom. The smallest absolute Gasteiger partial charge is 0.309 e. The van der Waals surface area contributed by atoms with Gasteiger partial charge < -0.3 is 10.1 Å². The van der Waals surface area contributed by atoms with Gasteiger partial charge in [0.25, 0.3) is 0 Å². The molecule has 1 N–H and O–H groups in total. The summed E-state index contributed by atoms with van der Waals surface area (Å²) in [7, 11) is 1.35. The van der Waals surface area contributed by atoms with E-state index < -0.39 is 11.8 Å². The molecule has 5 heteroatoms. The van der Waals surface area contributed by atoms with Crippen LogP contribution in [0.25, 0.3) is 0 Å². The van der Waals surface area contributed by atoms with Crippen molar-refractivity contribution in [1.82, 2.24) is 5.32 Å². The number of rotatable bonds is 8. The summed E-state index contributed by atoms with van der Waals surface area (Å²) < 4.78 is 4.98. The average molecular weight is 388 g/mol. The van der Waals surface area contributed by atoms with E-state index in [1.165, 1.54) is 7.11 Å². The Morgan fingerprint density at radius 2 is 1.71 bits per heavy atom. The minimum Gasteiger partial charge on any atom is -0.469 e. The Morgan fingerprint density at radius 3 is 2.25 bits per heavy atom. The normalized spacial score (nSPS) is 24.4. The summed E-state index contributed by atoms with van der Waals surface area (Å²) in [5, 5.41) is 3.00. The first-order chi connectivity index (χ1) is 13.3. The maximum atomic E-state index is 13.0. The van der Waals surface area contributed by atoms with Gasteiger partial charge in [-0.2, -0.15) is 0 Å². The monoisotopic (exact) mass is 387 g/mol. The van der Waals surface area contributed by atoms with Gasteiger partial charge in [0.2, 0.25) is 5.91 Å². The van der Waals surface area contributed by atoms with E-state index in [9.17, 15) is 14.4 Å². The highest BCUT2D eigenvalue weighted by atomic mass is 16.5. The second kappa shape index (κ2) is 9.85. The molecule has 0 radical (unpaired) electrons. The maximum Gasteiger partial charge on any atom is 0.309 e. The summed E-state index contributed by atoms with van der Waals surface area (Å²) in [6, 6.07) is 9.72. The molecule has 0 aliphatic heterocycles. The standard InChI is InChI=1S/C23H33NO4/c1-14(2)11-19(25)21-18(23(27)28-5)12-17(20(21)15(3)4)22(26)24-13-16-9-7-6-8-10-16/h6-10,14-15,17-18,20-21H,11-13H2,1-5H3,(H,24,26)/t17-,18+,20+,21-/m1/s1. The Labute approximate surface area is 168 Å². The Hall–Kier alpha value is -2.17. The van der Waals surface area contributed by atoms with Gasteiger partial charge in [0.15, 0.2) is 0 Å². The highest BCUT2D eigenvalue weighted by Crippen LogP contribution is 2.47. The first-order valence-corrected chi connectivity index (χ1v) is 10.2. The average Bonchev–Trinajstić information content (AvgIpc) is 3.07. The van der Waals surface area contributed by atoms with E-state index in [0.29, 0.717) is 19.4 Å². The molecule has 0 bridgehead atoms. The zero-order valence-electron chi connectivity index (χ0n) is 17.6. The summed E-state index contributed by atoms with van der Waals surface area (Å²) in [6.45, 7) is 8.48. The van der Waals surface area contributed by atoms with Crippen molar-refractivity contribution in [3.05, 3.63) is 35.9 Å². The molecule has 154 valence electrons. The number of Topliss-reactive ketones (excluding diaryl/α,β-unsaturated/α-hetero) is 1. The van der Waals surface area contributed by atoms with Gasteiger partial charge in [0.05, 0.1) is 13.0 Å². The SMILES string of the molecule is COC(=O)[C@H]1C[C@@H](C(=O)NCc2ccccc2)[C@H](C(C)C)[C@H]1C(=O)CC(C)C. The zero-order chi connectivity index (χ0) is 20.8. The van der Waals surface area contributed by atoms with Gasteiger partial charge in [0.1, 0.15) is 5.78 Å². The lowest BCUT2D eigenvalue weighted by Crippen LogP contribution is -2.38. The summed E-state index contributed by atoms with van der Waals surface area (Å²) in [6.07, 6.45) is 0.782. The van der Waals surface area contributed by atoms with E-state index in [0.717, 1.165) is 5.56 Å². The van der Waals surface area contributed by atoms with Gasteiger partial charge in [-0.05, 0) is 29.7 Å². The molecule has 1 saturated carbocycles. The summed E-state index contributed by atoms with van der Waals surface area (Å²) in [4.78, 5) is 38.4. The van der Waals surface area contributed by atoms with Crippen LogP contribution in [-0.4, -0.2) is 24.8 Å².